The molecule has 9 aromatic rings. The third-order valence-electron chi connectivity index (χ3n) is 11.0. The molecular weight excluding hydrogens is 665 g/mol. The number of ether oxygens (including phenoxy) is 1. The van der Waals surface area contributed by atoms with Crippen LogP contribution >= 0.6 is 0 Å². The summed E-state index contributed by atoms with van der Waals surface area (Å²) in [5.74, 6) is 1.87. The van der Waals surface area contributed by atoms with Gasteiger partial charge < -0.3 is 9.15 Å². The van der Waals surface area contributed by atoms with E-state index < -0.39 is 16.1 Å². The zero-order chi connectivity index (χ0) is 34.5. The maximum atomic E-state index is 6.91. The molecule has 0 bridgehead atoms. The predicted molar refractivity (Wildman–Crippen MR) is 221 cm³/mol. The fraction of sp³-hybridized carbons (Fsp3) is 0. The van der Waals surface area contributed by atoms with Crippen LogP contribution in [0.3, 0.4) is 0 Å². The number of fused-ring (bicyclic) bond motifs is 5. The van der Waals surface area contributed by atoms with Crippen molar-refractivity contribution in [1.82, 2.24) is 0 Å². The minimum Gasteiger partial charge on any atom is -0.458 e. The van der Waals surface area contributed by atoms with Gasteiger partial charge in [0.05, 0.1) is 0 Å². The third-order valence-corrected chi connectivity index (χ3v) is 20.6. The molecule has 0 spiro atoms. The van der Waals surface area contributed by atoms with E-state index in [0.717, 1.165) is 33.4 Å². The maximum Gasteiger partial charge on any atom is 0.188 e. The van der Waals surface area contributed by atoms with Gasteiger partial charge in [-0.3, -0.25) is 0 Å². The number of hydrogen-bond donors (Lipinski definition) is 0. The molecule has 2 nitrogen and oxygen atoms in total. The van der Waals surface area contributed by atoms with Crippen molar-refractivity contribution in [2.24, 2.45) is 0 Å². The maximum absolute atomic E-state index is 6.91. The summed E-state index contributed by atoms with van der Waals surface area (Å²) in [7, 11) is -5.94. The van der Waals surface area contributed by atoms with Crippen molar-refractivity contribution in [2.45, 2.75) is 0 Å². The SMILES string of the molecule is c1ccc([Si]2(c3cccc([Si](c4ccccc4)(c4ccccc4)c4cccc5c4oc4ccccc45)c3)c3ccccc3Oc3ccccc32)cc1. The first-order valence-electron chi connectivity index (χ1n) is 17.8. The van der Waals surface area contributed by atoms with Crippen molar-refractivity contribution in [3.63, 3.8) is 0 Å². The third kappa shape index (κ3) is 4.41. The largest absolute Gasteiger partial charge is 0.458 e. The summed E-state index contributed by atoms with van der Waals surface area (Å²) < 4.78 is 13.6. The summed E-state index contributed by atoms with van der Waals surface area (Å²) in [6.07, 6.45) is 0. The molecule has 0 amide bonds. The van der Waals surface area contributed by atoms with Crippen molar-refractivity contribution in [3.05, 3.63) is 206 Å². The molecule has 0 fully saturated rings. The summed E-state index contributed by atoms with van der Waals surface area (Å²) >= 11 is 0. The Morgan fingerprint density at radius 2 is 0.885 bits per heavy atom. The van der Waals surface area contributed by atoms with Gasteiger partial charge in [-0.15, -0.1) is 0 Å². The lowest BCUT2D eigenvalue weighted by atomic mass is 10.1. The highest BCUT2D eigenvalue weighted by Crippen LogP contribution is 2.31. The molecule has 0 N–H and O–H groups in total. The van der Waals surface area contributed by atoms with Crippen LogP contribution in [0.15, 0.2) is 211 Å². The smallest absolute Gasteiger partial charge is 0.188 e. The van der Waals surface area contributed by atoms with Gasteiger partial charge in [-0.25, -0.2) is 0 Å². The zero-order valence-electron chi connectivity index (χ0n) is 28.4. The van der Waals surface area contributed by atoms with E-state index in [1.54, 1.807) is 0 Å². The summed E-state index contributed by atoms with van der Waals surface area (Å²) in [6.45, 7) is 0. The van der Waals surface area contributed by atoms with Gasteiger partial charge in [0.1, 0.15) is 22.7 Å². The topological polar surface area (TPSA) is 22.4 Å². The summed E-state index contributed by atoms with van der Waals surface area (Å²) in [5.41, 5.74) is 1.87. The molecule has 0 radical (unpaired) electrons. The summed E-state index contributed by atoms with van der Waals surface area (Å²) in [4.78, 5) is 0. The van der Waals surface area contributed by atoms with Gasteiger partial charge in [-0.05, 0) is 59.7 Å². The Balaban J connectivity index is 1.36. The standard InChI is InChI=1S/C48H34O2Si2/c1-4-18-35(19-5-1)51(36-20-6-2-7-21-36,47-33-17-27-41-40-26-10-11-28-42(40)50-48(41)47)38-24-16-25-39(34-38)52(37-22-8-3-9-23-37)45-31-14-12-29-43(45)49-44-30-13-15-32-46(44)52/h1-34H. The molecule has 4 heteroatoms. The Hall–Kier alpha value is -6.21. The first-order chi connectivity index (χ1) is 25.8. The van der Waals surface area contributed by atoms with E-state index >= 15 is 0 Å². The molecule has 10 rings (SSSR count). The monoisotopic (exact) mass is 698 g/mol. The average Bonchev–Trinajstić information content (AvgIpc) is 3.61. The molecule has 0 atom stereocenters. The first kappa shape index (κ1) is 30.6. The van der Waals surface area contributed by atoms with E-state index in [1.165, 1.54) is 41.5 Å². The lowest BCUT2D eigenvalue weighted by Crippen LogP contribution is -2.78. The van der Waals surface area contributed by atoms with Gasteiger partial charge in [-0.2, -0.15) is 0 Å². The van der Waals surface area contributed by atoms with Crippen LogP contribution in [0, 0.1) is 0 Å². The number of rotatable bonds is 6. The Kier molecular flexibility index (Phi) is 7.20. The molecule has 1 aliphatic heterocycles. The van der Waals surface area contributed by atoms with Crippen LogP contribution in [0.2, 0.25) is 0 Å². The van der Waals surface area contributed by atoms with Gasteiger partial charge in [0.2, 0.25) is 0 Å². The van der Waals surface area contributed by atoms with Gasteiger partial charge in [0.25, 0.3) is 0 Å². The summed E-state index contributed by atoms with van der Waals surface area (Å²) in [6, 6.07) is 75.6. The molecule has 246 valence electrons. The van der Waals surface area contributed by atoms with Crippen LogP contribution in [-0.2, 0) is 0 Å². The second kappa shape index (κ2) is 12.2. The second-order valence-electron chi connectivity index (χ2n) is 13.6. The highest BCUT2D eigenvalue weighted by atomic mass is 28.3. The average molecular weight is 699 g/mol. The highest BCUT2D eigenvalue weighted by molar-refractivity contribution is 7.22. The van der Waals surface area contributed by atoms with E-state index in [-0.39, 0.29) is 0 Å². The van der Waals surface area contributed by atoms with E-state index in [1.807, 2.05) is 0 Å². The van der Waals surface area contributed by atoms with Gasteiger partial charge in [0, 0.05) is 10.8 Å². The van der Waals surface area contributed by atoms with Gasteiger partial charge in [-0.1, -0.05) is 188 Å². The van der Waals surface area contributed by atoms with Crippen LogP contribution in [0.25, 0.3) is 21.9 Å². The first-order valence-corrected chi connectivity index (χ1v) is 21.8. The fourth-order valence-electron chi connectivity index (χ4n) is 8.84. The van der Waals surface area contributed by atoms with Crippen molar-refractivity contribution in [1.29, 1.82) is 0 Å². The van der Waals surface area contributed by atoms with Gasteiger partial charge >= 0.3 is 0 Å². The molecule has 8 aromatic carbocycles. The Labute approximate surface area is 305 Å². The minimum atomic E-state index is -3.04. The van der Waals surface area contributed by atoms with E-state index in [4.69, 9.17) is 9.15 Å². The molecular formula is C48H34O2Si2. The number of furan rings is 1. The quantitative estimate of drug-likeness (QED) is 0.147. The van der Waals surface area contributed by atoms with Crippen LogP contribution in [0.4, 0.5) is 0 Å². The molecule has 0 unspecified atom stereocenters. The Bertz CT molecular complexity index is 2640. The summed E-state index contributed by atoms with van der Waals surface area (Å²) in [5, 5.41) is 12.7. The minimum absolute atomic E-state index is 0.911. The lowest BCUT2D eigenvalue weighted by molar-refractivity contribution is 0.487. The molecule has 0 aliphatic carbocycles. The molecule has 0 saturated carbocycles. The molecule has 1 aromatic heterocycles. The van der Waals surface area contributed by atoms with Crippen LogP contribution in [0.5, 0.6) is 11.5 Å². The van der Waals surface area contributed by atoms with E-state index in [0.29, 0.717) is 0 Å². The zero-order valence-corrected chi connectivity index (χ0v) is 30.4. The van der Waals surface area contributed by atoms with E-state index in [2.05, 4.69) is 206 Å². The lowest BCUT2D eigenvalue weighted by Gasteiger charge is -2.40. The predicted octanol–water partition coefficient (Wildman–Crippen LogP) is 6.45. The van der Waals surface area contributed by atoms with Gasteiger partial charge in [0.15, 0.2) is 16.1 Å². The Morgan fingerprint density at radius 1 is 0.385 bits per heavy atom. The van der Waals surface area contributed by atoms with Crippen molar-refractivity contribution in [3.8, 4) is 11.5 Å². The Morgan fingerprint density at radius 3 is 1.56 bits per heavy atom. The normalized spacial score (nSPS) is 13.3. The van der Waals surface area contributed by atoms with Crippen molar-refractivity contribution >= 4 is 79.6 Å². The van der Waals surface area contributed by atoms with Crippen LogP contribution < -0.4 is 46.2 Å². The number of benzene rings is 8. The fourth-order valence-corrected chi connectivity index (χ4v) is 18.9. The number of hydrogen-bond acceptors (Lipinski definition) is 2. The molecule has 52 heavy (non-hydrogen) atoms. The van der Waals surface area contributed by atoms with E-state index in [9.17, 15) is 0 Å². The van der Waals surface area contributed by atoms with Crippen molar-refractivity contribution < 1.29 is 9.15 Å². The van der Waals surface area contributed by atoms with Crippen LogP contribution in [-0.4, -0.2) is 16.1 Å². The molecule has 1 aliphatic rings. The molecule has 0 saturated heterocycles. The van der Waals surface area contributed by atoms with Crippen molar-refractivity contribution in [2.75, 3.05) is 0 Å². The molecule has 2 heterocycles. The highest BCUT2D eigenvalue weighted by Gasteiger charge is 2.50. The number of para-hydroxylation sites is 4. The second-order valence-corrected chi connectivity index (χ2v) is 21.1. The van der Waals surface area contributed by atoms with Crippen LogP contribution in [0.1, 0.15) is 0 Å².